The lowest BCUT2D eigenvalue weighted by Crippen LogP contribution is -2.31. The Morgan fingerprint density at radius 3 is 2.70 bits per heavy atom. The van der Waals surface area contributed by atoms with Crippen LogP contribution in [0.25, 0.3) is 0 Å². The summed E-state index contributed by atoms with van der Waals surface area (Å²) in [5, 5.41) is 3.91. The van der Waals surface area contributed by atoms with Gasteiger partial charge in [0.15, 0.2) is 5.76 Å². The zero-order chi connectivity index (χ0) is 21.1. The van der Waals surface area contributed by atoms with E-state index in [0.29, 0.717) is 30.3 Å². The number of halogens is 1. The molecule has 1 unspecified atom stereocenters. The number of amides is 1. The number of aryl methyl sites for hydroxylation is 1. The third-order valence-corrected chi connectivity index (χ3v) is 5.25. The Balaban J connectivity index is 1.54. The molecule has 1 amide bonds. The van der Waals surface area contributed by atoms with Crippen molar-refractivity contribution in [3.8, 4) is 11.5 Å². The molecule has 1 atom stereocenters. The van der Waals surface area contributed by atoms with Gasteiger partial charge in [-0.2, -0.15) is 0 Å². The van der Waals surface area contributed by atoms with Gasteiger partial charge in [0, 0.05) is 12.6 Å². The normalized spacial score (nSPS) is 16.1. The number of nitrogens with zero attached hydrogens (tertiary/aromatic N) is 2. The first-order valence-electron chi connectivity index (χ1n) is 10.1. The monoisotopic (exact) mass is 409 g/mol. The Bertz CT molecular complexity index is 1030. The van der Waals surface area contributed by atoms with Crippen LogP contribution in [0.1, 0.15) is 46.3 Å². The van der Waals surface area contributed by atoms with Crippen molar-refractivity contribution in [1.82, 2.24) is 10.1 Å². The average molecular weight is 409 g/mol. The maximum Gasteiger partial charge on any atom is 0.257 e. The van der Waals surface area contributed by atoms with Crippen LogP contribution in [0.15, 0.2) is 53.1 Å². The molecule has 0 saturated carbocycles. The van der Waals surface area contributed by atoms with Crippen molar-refractivity contribution < 1.29 is 18.4 Å². The maximum absolute atomic E-state index is 14.5. The van der Waals surface area contributed by atoms with Crippen LogP contribution in [0.2, 0.25) is 0 Å². The van der Waals surface area contributed by atoms with Gasteiger partial charge in [0.25, 0.3) is 5.91 Å². The molecule has 0 bridgehead atoms. The zero-order valence-electron chi connectivity index (χ0n) is 16.8. The van der Waals surface area contributed by atoms with Crippen LogP contribution in [0, 0.1) is 12.7 Å². The molecule has 30 heavy (non-hydrogen) atoms. The van der Waals surface area contributed by atoms with E-state index in [0.717, 1.165) is 30.5 Å². The van der Waals surface area contributed by atoms with Crippen LogP contribution in [-0.4, -0.2) is 29.1 Å². The minimum absolute atomic E-state index is 0.0182. The van der Waals surface area contributed by atoms with Crippen LogP contribution >= 0.6 is 0 Å². The number of nitrogens with two attached hydrogens (primary N) is 1. The highest BCUT2D eigenvalue weighted by Gasteiger charge is 2.34. The molecule has 0 radical (unpaired) electrons. The quantitative estimate of drug-likeness (QED) is 0.653. The number of carbonyl (C=O) groups is 1. The number of likely N-dealkylation sites (tertiary alicyclic amines) is 1. The third-order valence-electron chi connectivity index (χ3n) is 5.25. The number of benzene rings is 2. The molecular weight excluding hydrogens is 385 g/mol. The standard InChI is InChI=1S/C23H24FN3O3/c1-15-13-22(30-26-15)21-3-2-12-27(21)23(28)19-14-18(8-9-20(19)24)29-17-6-4-16(5-7-17)10-11-25/h4-9,13-14,21H,2-3,10-12,25H2,1H3. The van der Waals surface area contributed by atoms with E-state index < -0.39 is 5.82 Å². The number of rotatable bonds is 6. The van der Waals surface area contributed by atoms with E-state index in [1.54, 1.807) is 4.90 Å². The first-order valence-corrected chi connectivity index (χ1v) is 10.1. The van der Waals surface area contributed by atoms with E-state index in [-0.39, 0.29) is 17.5 Å². The van der Waals surface area contributed by atoms with Crippen molar-refractivity contribution in [3.63, 3.8) is 0 Å². The van der Waals surface area contributed by atoms with Gasteiger partial charge in [0.05, 0.1) is 17.3 Å². The molecule has 2 aromatic carbocycles. The summed E-state index contributed by atoms with van der Waals surface area (Å²) in [5.41, 5.74) is 7.42. The Morgan fingerprint density at radius 1 is 1.23 bits per heavy atom. The second-order valence-corrected chi connectivity index (χ2v) is 7.45. The Labute approximate surface area is 174 Å². The highest BCUT2D eigenvalue weighted by molar-refractivity contribution is 5.95. The molecule has 1 saturated heterocycles. The Kier molecular flexibility index (Phi) is 5.81. The van der Waals surface area contributed by atoms with Crippen LogP contribution < -0.4 is 10.5 Å². The first kappa shape index (κ1) is 20.1. The molecule has 3 aromatic rings. The second-order valence-electron chi connectivity index (χ2n) is 7.45. The molecule has 1 fully saturated rings. The number of hydrogen-bond acceptors (Lipinski definition) is 5. The SMILES string of the molecule is Cc1cc(C2CCCN2C(=O)c2cc(Oc3ccc(CCN)cc3)ccc2F)on1. The Morgan fingerprint density at radius 2 is 2.00 bits per heavy atom. The highest BCUT2D eigenvalue weighted by atomic mass is 19.1. The van der Waals surface area contributed by atoms with Crippen molar-refractivity contribution in [2.24, 2.45) is 5.73 Å². The topological polar surface area (TPSA) is 81.6 Å². The summed E-state index contributed by atoms with van der Waals surface area (Å²) in [5.74, 6) is 0.677. The number of hydrogen-bond donors (Lipinski definition) is 1. The second kappa shape index (κ2) is 8.67. The van der Waals surface area contributed by atoms with Gasteiger partial charge in [-0.25, -0.2) is 4.39 Å². The molecular formula is C23H24FN3O3. The van der Waals surface area contributed by atoms with Crippen LogP contribution in [0.4, 0.5) is 4.39 Å². The van der Waals surface area contributed by atoms with Gasteiger partial charge in [-0.05, 0) is 68.6 Å². The largest absolute Gasteiger partial charge is 0.457 e. The number of aromatic nitrogens is 1. The summed E-state index contributed by atoms with van der Waals surface area (Å²) in [7, 11) is 0. The molecule has 2 heterocycles. The minimum atomic E-state index is -0.579. The summed E-state index contributed by atoms with van der Waals surface area (Å²) in [6.07, 6.45) is 2.37. The summed E-state index contributed by atoms with van der Waals surface area (Å²) in [6, 6.07) is 13.3. The number of carbonyl (C=O) groups excluding carboxylic acids is 1. The van der Waals surface area contributed by atoms with Crippen LogP contribution in [0.5, 0.6) is 11.5 Å². The van der Waals surface area contributed by atoms with Crippen molar-refractivity contribution in [2.45, 2.75) is 32.2 Å². The number of ether oxygens (including phenoxy) is 1. The average Bonchev–Trinajstić information content (AvgIpc) is 3.39. The fourth-order valence-electron chi connectivity index (χ4n) is 3.76. The Hall–Kier alpha value is -3.19. The van der Waals surface area contributed by atoms with Gasteiger partial charge in [0.2, 0.25) is 0 Å². The van der Waals surface area contributed by atoms with Gasteiger partial charge in [-0.1, -0.05) is 17.3 Å². The lowest BCUT2D eigenvalue weighted by atomic mass is 10.1. The smallest absolute Gasteiger partial charge is 0.257 e. The molecule has 1 aliphatic heterocycles. The predicted octanol–water partition coefficient (Wildman–Crippen LogP) is 4.39. The van der Waals surface area contributed by atoms with E-state index >= 15 is 0 Å². The molecule has 4 rings (SSSR count). The summed E-state index contributed by atoms with van der Waals surface area (Å²) >= 11 is 0. The first-order chi connectivity index (χ1) is 14.5. The molecule has 1 aromatic heterocycles. The lowest BCUT2D eigenvalue weighted by Gasteiger charge is -2.23. The van der Waals surface area contributed by atoms with Gasteiger partial charge in [0.1, 0.15) is 17.3 Å². The highest BCUT2D eigenvalue weighted by Crippen LogP contribution is 2.34. The van der Waals surface area contributed by atoms with Crippen LogP contribution in [0.3, 0.4) is 0 Å². The fraction of sp³-hybridized carbons (Fsp3) is 0.304. The molecule has 0 spiro atoms. The van der Waals surface area contributed by atoms with Gasteiger partial charge < -0.3 is 19.9 Å². The predicted molar refractivity (Wildman–Crippen MR) is 110 cm³/mol. The summed E-state index contributed by atoms with van der Waals surface area (Å²) in [4.78, 5) is 14.8. The van der Waals surface area contributed by atoms with Crippen molar-refractivity contribution in [1.29, 1.82) is 0 Å². The molecule has 1 aliphatic rings. The molecule has 156 valence electrons. The minimum Gasteiger partial charge on any atom is -0.457 e. The van der Waals surface area contributed by atoms with E-state index in [9.17, 15) is 9.18 Å². The van der Waals surface area contributed by atoms with Crippen molar-refractivity contribution in [2.75, 3.05) is 13.1 Å². The summed E-state index contributed by atoms with van der Waals surface area (Å²) in [6.45, 7) is 2.95. The maximum atomic E-state index is 14.5. The zero-order valence-corrected chi connectivity index (χ0v) is 16.8. The van der Waals surface area contributed by atoms with Crippen molar-refractivity contribution in [3.05, 3.63) is 76.9 Å². The van der Waals surface area contributed by atoms with Crippen LogP contribution in [-0.2, 0) is 6.42 Å². The van der Waals surface area contributed by atoms with E-state index in [1.807, 2.05) is 37.3 Å². The van der Waals surface area contributed by atoms with E-state index in [1.165, 1.54) is 18.2 Å². The van der Waals surface area contributed by atoms with Gasteiger partial charge >= 0.3 is 0 Å². The summed E-state index contributed by atoms with van der Waals surface area (Å²) < 4.78 is 25.7. The van der Waals surface area contributed by atoms with Crippen molar-refractivity contribution >= 4 is 5.91 Å². The van der Waals surface area contributed by atoms with E-state index in [4.69, 9.17) is 15.0 Å². The molecule has 0 aliphatic carbocycles. The van der Waals surface area contributed by atoms with E-state index in [2.05, 4.69) is 5.16 Å². The fourth-order valence-corrected chi connectivity index (χ4v) is 3.76. The molecule has 7 heteroatoms. The third kappa shape index (κ3) is 4.21. The lowest BCUT2D eigenvalue weighted by molar-refractivity contribution is 0.0709. The van der Waals surface area contributed by atoms with Gasteiger partial charge in [-0.3, -0.25) is 4.79 Å². The van der Waals surface area contributed by atoms with Gasteiger partial charge in [-0.15, -0.1) is 0 Å². The molecule has 6 nitrogen and oxygen atoms in total. The molecule has 2 N–H and O–H groups in total.